The van der Waals surface area contributed by atoms with Crippen molar-refractivity contribution in [1.82, 2.24) is 26.1 Å². The van der Waals surface area contributed by atoms with Crippen molar-refractivity contribution in [2.24, 2.45) is 11.8 Å². The van der Waals surface area contributed by atoms with E-state index in [1.165, 1.54) is 11.1 Å². The first-order valence-electron chi connectivity index (χ1n) is 14.0. The van der Waals surface area contributed by atoms with E-state index in [1.54, 1.807) is 33.0 Å². The molecule has 10 heteroatoms. The van der Waals surface area contributed by atoms with Crippen molar-refractivity contribution in [1.29, 1.82) is 0 Å². The monoisotopic (exact) mass is 563 g/mol. The number of carbonyl (C=O) groups excluding carboxylic acids is 4. The van der Waals surface area contributed by atoms with E-state index in [1.807, 2.05) is 38.1 Å². The number of fused-ring (bicyclic) bond motifs is 1. The van der Waals surface area contributed by atoms with Crippen molar-refractivity contribution < 1.29 is 23.9 Å². The Bertz CT molecular complexity index is 1310. The molecule has 3 rings (SSSR count). The number of hydrazine groups is 1. The third kappa shape index (κ3) is 8.00. The molecule has 1 saturated heterocycles. The van der Waals surface area contributed by atoms with Crippen LogP contribution in [0.5, 0.6) is 0 Å². The average molecular weight is 564 g/mol. The number of rotatable bonds is 11. The summed E-state index contributed by atoms with van der Waals surface area (Å²) in [7, 11) is 0. The van der Waals surface area contributed by atoms with E-state index in [4.69, 9.17) is 4.74 Å². The Kier molecular flexibility index (Phi) is 10.8. The third-order valence-electron chi connectivity index (χ3n) is 7.22. The fourth-order valence-corrected chi connectivity index (χ4v) is 4.51. The molecule has 2 heterocycles. The molecular formula is C31H41N5O5. The van der Waals surface area contributed by atoms with E-state index < -0.39 is 47.9 Å². The lowest BCUT2D eigenvalue weighted by atomic mass is 10.0. The van der Waals surface area contributed by atoms with Gasteiger partial charge in [0.1, 0.15) is 24.2 Å². The zero-order valence-electron chi connectivity index (χ0n) is 24.5. The molecule has 0 radical (unpaired) electrons. The Balaban J connectivity index is 1.59. The Morgan fingerprint density at radius 3 is 2.44 bits per heavy atom. The topological polar surface area (TPSA) is 130 Å². The fraction of sp³-hybridized carbons (Fsp3) is 0.452. The highest BCUT2D eigenvalue weighted by Gasteiger charge is 2.34. The molecular weight excluding hydrogens is 522 g/mol. The van der Waals surface area contributed by atoms with Crippen molar-refractivity contribution in [3.63, 3.8) is 0 Å². The van der Waals surface area contributed by atoms with E-state index >= 15 is 0 Å². The van der Waals surface area contributed by atoms with Crippen molar-refractivity contribution in [3.8, 4) is 0 Å². The lowest BCUT2D eigenvalue weighted by Crippen LogP contribution is -2.61. The van der Waals surface area contributed by atoms with Gasteiger partial charge in [-0.15, -0.1) is 6.58 Å². The Morgan fingerprint density at radius 2 is 1.78 bits per heavy atom. The fourth-order valence-electron chi connectivity index (χ4n) is 4.51. The Labute approximate surface area is 241 Å². The summed E-state index contributed by atoms with van der Waals surface area (Å²) in [6.45, 7) is 16.4. The maximum atomic E-state index is 13.2. The first kappa shape index (κ1) is 31.5. The van der Waals surface area contributed by atoms with Gasteiger partial charge in [0.2, 0.25) is 11.8 Å². The van der Waals surface area contributed by atoms with E-state index in [2.05, 4.69) is 34.2 Å². The smallest absolute Gasteiger partial charge is 0.325 e. The number of aromatic nitrogens is 1. The van der Waals surface area contributed by atoms with Gasteiger partial charge in [0.15, 0.2) is 0 Å². The van der Waals surface area contributed by atoms with E-state index in [0.29, 0.717) is 19.4 Å². The molecule has 1 aromatic carbocycles. The van der Waals surface area contributed by atoms with Crippen LogP contribution in [0, 0.1) is 11.8 Å². The number of carbonyl (C=O) groups is 4. The summed E-state index contributed by atoms with van der Waals surface area (Å²) in [6.07, 6.45) is 5.53. The van der Waals surface area contributed by atoms with Crippen LogP contribution in [0.3, 0.4) is 0 Å². The summed E-state index contributed by atoms with van der Waals surface area (Å²) >= 11 is 0. The minimum absolute atomic E-state index is 0.198. The van der Waals surface area contributed by atoms with Crippen LogP contribution in [-0.2, 0) is 23.9 Å². The Morgan fingerprint density at radius 1 is 1.05 bits per heavy atom. The molecule has 0 aliphatic carbocycles. The molecule has 2 unspecified atom stereocenters. The normalized spacial score (nSPS) is 18.1. The summed E-state index contributed by atoms with van der Waals surface area (Å²) < 4.78 is 5.77. The third-order valence-corrected chi connectivity index (χ3v) is 7.22. The van der Waals surface area contributed by atoms with Crippen LogP contribution in [0.1, 0.15) is 64.8 Å². The highest BCUT2D eigenvalue weighted by molar-refractivity contribution is 5.92. The molecule has 5 atom stereocenters. The van der Waals surface area contributed by atoms with Gasteiger partial charge < -0.3 is 15.4 Å². The van der Waals surface area contributed by atoms with E-state index in [9.17, 15) is 19.2 Å². The summed E-state index contributed by atoms with van der Waals surface area (Å²) in [5.74, 6) is -2.29. The number of hydrogen-bond donors (Lipinski definition) is 3. The molecule has 10 nitrogen and oxygen atoms in total. The number of nitrogens with zero attached hydrogens (tertiary/aromatic N) is 2. The van der Waals surface area contributed by atoms with Crippen LogP contribution in [-0.4, -0.2) is 58.4 Å². The van der Waals surface area contributed by atoms with Crippen LogP contribution in [0.4, 0.5) is 0 Å². The van der Waals surface area contributed by atoms with E-state index in [0.717, 1.165) is 22.0 Å². The predicted octanol–water partition coefficient (Wildman–Crippen LogP) is 3.45. The molecule has 1 fully saturated rings. The van der Waals surface area contributed by atoms with Crippen molar-refractivity contribution in [2.75, 3.05) is 6.54 Å². The van der Waals surface area contributed by atoms with Crippen LogP contribution < -0.4 is 16.1 Å². The largest absolute Gasteiger partial charge is 0.457 e. The molecule has 1 aromatic heterocycles. The number of pyridine rings is 1. The number of benzene rings is 1. The zero-order chi connectivity index (χ0) is 30.3. The zero-order valence-corrected chi connectivity index (χ0v) is 24.5. The molecule has 0 saturated carbocycles. The molecule has 2 aromatic rings. The Hall–Kier alpha value is -4.05. The predicted molar refractivity (Wildman–Crippen MR) is 158 cm³/mol. The molecule has 0 spiro atoms. The summed E-state index contributed by atoms with van der Waals surface area (Å²) in [5, 5.41) is 8.72. The summed E-state index contributed by atoms with van der Waals surface area (Å²) in [4.78, 5) is 55.8. The number of hydrogen-bond acceptors (Lipinski definition) is 7. The van der Waals surface area contributed by atoms with Gasteiger partial charge in [-0.1, -0.05) is 45.6 Å². The minimum Gasteiger partial charge on any atom is -0.457 e. The van der Waals surface area contributed by atoms with Gasteiger partial charge in [-0.2, -0.15) is 0 Å². The summed E-state index contributed by atoms with van der Waals surface area (Å²) in [5.41, 5.74) is 4.56. The van der Waals surface area contributed by atoms with Gasteiger partial charge in [0.25, 0.3) is 5.91 Å². The van der Waals surface area contributed by atoms with E-state index in [-0.39, 0.29) is 11.8 Å². The maximum absolute atomic E-state index is 13.2. The first-order valence-corrected chi connectivity index (χ1v) is 14.0. The number of amides is 3. The van der Waals surface area contributed by atoms with Crippen LogP contribution >= 0.6 is 0 Å². The number of ether oxygens (including phenoxy) is 1. The molecule has 1 aliphatic rings. The van der Waals surface area contributed by atoms with Crippen LogP contribution in [0.2, 0.25) is 0 Å². The van der Waals surface area contributed by atoms with Gasteiger partial charge in [-0.25, -0.2) is 5.43 Å². The van der Waals surface area contributed by atoms with Gasteiger partial charge in [0, 0.05) is 18.1 Å². The summed E-state index contributed by atoms with van der Waals surface area (Å²) in [6, 6.07) is 5.30. The number of nitrogens with one attached hydrogen (secondary N) is 3. The second kappa shape index (κ2) is 14.0. The maximum Gasteiger partial charge on any atom is 0.325 e. The minimum atomic E-state index is -0.883. The van der Waals surface area contributed by atoms with Gasteiger partial charge in [-0.05, 0) is 61.8 Å². The second-order valence-corrected chi connectivity index (χ2v) is 10.8. The standard InChI is InChI=1S/C31H41N5O5/c1-8-19(5)28(37)34-27(18(3)4)29(38)33-20(6)30(39)36-14-10-11-26(35-36)31(40)41-21(7)22-12-13-23-17-32-25(9-2)16-24(23)15-22/h8-9,12-13,15-21,26-27,35H,1-2,10-11,14H2,3-7H3,(H,33,38)(H,34,37)/t19?,20?,21-,26+,27+/m1/s1. The first-order chi connectivity index (χ1) is 19.4. The van der Waals surface area contributed by atoms with Crippen molar-refractivity contribution in [2.45, 2.75) is 71.7 Å². The van der Waals surface area contributed by atoms with Crippen molar-refractivity contribution in [3.05, 3.63) is 61.0 Å². The van der Waals surface area contributed by atoms with Crippen molar-refractivity contribution >= 4 is 40.5 Å². The molecule has 3 amide bonds. The van der Waals surface area contributed by atoms with Gasteiger partial charge >= 0.3 is 5.97 Å². The lowest BCUT2D eigenvalue weighted by Gasteiger charge is -2.35. The molecule has 41 heavy (non-hydrogen) atoms. The molecule has 220 valence electrons. The SMILES string of the molecule is C=Cc1cc2cc([C@@H](C)OC(=O)[C@@H]3CCCN(C(=O)C(C)NC(=O)[C@@H](NC(=O)C(C)C=C)C(C)C)N3)ccc2cn1. The second-order valence-electron chi connectivity index (χ2n) is 10.8. The molecule has 1 aliphatic heterocycles. The van der Waals surface area contributed by atoms with Gasteiger partial charge in [0.05, 0.1) is 11.6 Å². The molecule has 3 N–H and O–H groups in total. The lowest BCUT2D eigenvalue weighted by molar-refractivity contribution is -0.157. The van der Waals surface area contributed by atoms with Crippen LogP contribution in [0.15, 0.2) is 49.7 Å². The average Bonchev–Trinajstić information content (AvgIpc) is 2.97. The molecule has 0 bridgehead atoms. The highest BCUT2D eigenvalue weighted by Crippen LogP contribution is 2.24. The number of esters is 1. The van der Waals surface area contributed by atoms with Crippen LogP contribution in [0.25, 0.3) is 16.8 Å². The highest BCUT2D eigenvalue weighted by atomic mass is 16.5. The quantitative estimate of drug-likeness (QED) is 0.282. The van der Waals surface area contributed by atoms with Gasteiger partial charge in [-0.3, -0.25) is 29.2 Å².